The van der Waals surface area contributed by atoms with Gasteiger partial charge >= 0.3 is 0 Å². The van der Waals surface area contributed by atoms with Crippen molar-refractivity contribution in [3.05, 3.63) is 0 Å². The molecule has 0 amide bonds. The van der Waals surface area contributed by atoms with Crippen LogP contribution in [-0.4, -0.2) is 21.9 Å². The molecule has 0 aromatic carbocycles. The first-order valence-electron chi connectivity index (χ1n) is 8.21. The summed E-state index contributed by atoms with van der Waals surface area (Å²) in [4.78, 5) is 0. The number of unbranched alkanes of at least 4 members (excludes halogenated alkanes) is 5. The normalized spacial score (nSPS) is 23.2. The number of thioether (sulfide) groups is 1. The van der Waals surface area contributed by atoms with Crippen LogP contribution in [0, 0.1) is 0 Å². The fourth-order valence-corrected chi connectivity index (χ4v) is 4.06. The zero-order valence-electron chi connectivity index (χ0n) is 12.6. The molecular weight excluding hydrogens is 254 g/mol. The van der Waals surface area contributed by atoms with Gasteiger partial charge in [-0.25, -0.2) is 0 Å². The van der Waals surface area contributed by atoms with Gasteiger partial charge < -0.3 is 5.21 Å². The lowest BCUT2D eigenvalue weighted by molar-refractivity contribution is 0.315. The summed E-state index contributed by atoms with van der Waals surface area (Å²) in [6.45, 7) is 2.26. The fourth-order valence-electron chi connectivity index (χ4n) is 2.72. The summed E-state index contributed by atoms with van der Waals surface area (Å²) in [5.41, 5.74) is 1.05. The molecule has 19 heavy (non-hydrogen) atoms. The van der Waals surface area contributed by atoms with E-state index in [0.29, 0.717) is 5.25 Å². The van der Waals surface area contributed by atoms with E-state index in [4.69, 9.17) is 5.21 Å². The molecule has 0 saturated heterocycles. The standard InChI is InChI=1S/C16H31NOS/c1-2-3-4-5-8-11-14-19-16-13-10-7-6-9-12-15(16)17-18/h16,18H,2-14H2,1H3. The Hall–Kier alpha value is -0.180. The van der Waals surface area contributed by atoms with Crippen molar-refractivity contribution in [1.29, 1.82) is 0 Å². The van der Waals surface area contributed by atoms with Gasteiger partial charge in [0.2, 0.25) is 0 Å². The molecule has 0 heterocycles. The minimum atomic E-state index is 0.487. The van der Waals surface area contributed by atoms with Crippen LogP contribution in [-0.2, 0) is 0 Å². The van der Waals surface area contributed by atoms with Crippen molar-refractivity contribution >= 4 is 17.5 Å². The Morgan fingerprint density at radius 2 is 1.79 bits per heavy atom. The highest BCUT2D eigenvalue weighted by Crippen LogP contribution is 2.26. The molecule has 1 rings (SSSR count). The van der Waals surface area contributed by atoms with Crippen LogP contribution in [0.3, 0.4) is 0 Å². The molecule has 1 saturated carbocycles. The number of rotatable bonds is 8. The molecule has 1 N–H and O–H groups in total. The topological polar surface area (TPSA) is 32.6 Å². The van der Waals surface area contributed by atoms with E-state index in [1.807, 2.05) is 11.8 Å². The van der Waals surface area contributed by atoms with Crippen molar-refractivity contribution in [3.63, 3.8) is 0 Å². The van der Waals surface area contributed by atoms with E-state index in [1.54, 1.807) is 0 Å². The smallest absolute Gasteiger partial charge is 0.0700 e. The van der Waals surface area contributed by atoms with Crippen LogP contribution >= 0.6 is 11.8 Å². The van der Waals surface area contributed by atoms with E-state index in [0.717, 1.165) is 12.1 Å². The maximum atomic E-state index is 9.15. The molecule has 0 aromatic rings. The molecule has 2 nitrogen and oxygen atoms in total. The minimum absolute atomic E-state index is 0.487. The average molecular weight is 285 g/mol. The maximum Gasteiger partial charge on any atom is 0.0700 e. The lowest BCUT2D eigenvalue weighted by atomic mass is 9.99. The molecule has 1 atom stereocenters. The Kier molecular flexibility index (Phi) is 10.3. The summed E-state index contributed by atoms with van der Waals surface area (Å²) in [6.07, 6.45) is 15.6. The van der Waals surface area contributed by atoms with Crippen molar-refractivity contribution < 1.29 is 5.21 Å². The van der Waals surface area contributed by atoms with E-state index in [2.05, 4.69) is 12.1 Å². The Balaban J connectivity index is 2.14. The summed E-state index contributed by atoms with van der Waals surface area (Å²) < 4.78 is 0. The van der Waals surface area contributed by atoms with E-state index in [1.165, 1.54) is 76.4 Å². The Morgan fingerprint density at radius 3 is 2.58 bits per heavy atom. The van der Waals surface area contributed by atoms with E-state index < -0.39 is 0 Å². The first kappa shape index (κ1) is 16.9. The molecule has 0 bridgehead atoms. The van der Waals surface area contributed by atoms with Crippen molar-refractivity contribution in [1.82, 2.24) is 0 Å². The molecule has 1 aliphatic carbocycles. The monoisotopic (exact) mass is 285 g/mol. The maximum absolute atomic E-state index is 9.15. The quantitative estimate of drug-likeness (QED) is 0.356. The summed E-state index contributed by atoms with van der Waals surface area (Å²) >= 11 is 2.03. The molecule has 3 heteroatoms. The number of hydrogen-bond acceptors (Lipinski definition) is 3. The predicted molar refractivity (Wildman–Crippen MR) is 86.5 cm³/mol. The highest BCUT2D eigenvalue weighted by molar-refractivity contribution is 8.00. The van der Waals surface area contributed by atoms with Gasteiger partial charge in [-0.1, -0.05) is 63.4 Å². The summed E-state index contributed by atoms with van der Waals surface area (Å²) in [7, 11) is 0. The van der Waals surface area contributed by atoms with Gasteiger partial charge in [0, 0.05) is 5.25 Å². The van der Waals surface area contributed by atoms with Crippen LogP contribution in [0.15, 0.2) is 5.16 Å². The lowest BCUT2D eigenvalue weighted by Gasteiger charge is -2.20. The number of oxime groups is 1. The van der Waals surface area contributed by atoms with Gasteiger partial charge in [-0.3, -0.25) is 0 Å². The molecule has 1 fully saturated rings. The average Bonchev–Trinajstić information content (AvgIpc) is 2.40. The fraction of sp³-hybridized carbons (Fsp3) is 0.938. The molecular formula is C16H31NOS. The Morgan fingerprint density at radius 1 is 1.05 bits per heavy atom. The van der Waals surface area contributed by atoms with Gasteiger partial charge in [0.1, 0.15) is 0 Å². The molecule has 0 radical (unpaired) electrons. The van der Waals surface area contributed by atoms with E-state index in [9.17, 15) is 0 Å². The van der Waals surface area contributed by atoms with Crippen molar-refractivity contribution in [2.75, 3.05) is 5.75 Å². The lowest BCUT2D eigenvalue weighted by Crippen LogP contribution is -2.19. The zero-order valence-corrected chi connectivity index (χ0v) is 13.4. The van der Waals surface area contributed by atoms with E-state index >= 15 is 0 Å². The van der Waals surface area contributed by atoms with Crippen molar-refractivity contribution in [3.8, 4) is 0 Å². The first-order valence-corrected chi connectivity index (χ1v) is 9.25. The van der Waals surface area contributed by atoms with Crippen molar-refractivity contribution in [2.24, 2.45) is 5.16 Å². The van der Waals surface area contributed by atoms with Gasteiger partial charge in [0.05, 0.1) is 5.71 Å². The van der Waals surface area contributed by atoms with E-state index in [-0.39, 0.29) is 0 Å². The molecule has 112 valence electrons. The Bertz CT molecular complexity index is 243. The predicted octanol–water partition coefficient (Wildman–Crippen LogP) is 5.63. The SMILES string of the molecule is CCCCCCCCSC1CCCCCCC1=NO. The van der Waals surface area contributed by atoms with Crippen LogP contribution in [0.2, 0.25) is 0 Å². The second kappa shape index (κ2) is 11.6. The molecule has 0 aromatic heterocycles. The second-order valence-electron chi connectivity index (χ2n) is 5.67. The molecule has 0 spiro atoms. The third-order valence-electron chi connectivity index (χ3n) is 3.97. The van der Waals surface area contributed by atoms with Gasteiger partial charge in [0.25, 0.3) is 0 Å². The highest BCUT2D eigenvalue weighted by Gasteiger charge is 2.18. The van der Waals surface area contributed by atoms with Crippen LogP contribution in [0.25, 0.3) is 0 Å². The first-order chi connectivity index (χ1) is 9.38. The summed E-state index contributed by atoms with van der Waals surface area (Å²) in [5, 5.41) is 13.2. The molecule has 0 aliphatic heterocycles. The zero-order chi connectivity index (χ0) is 13.8. The van der Waals surface area contributed by atoms with Crippen LogP contribution < -0.4 is 0 Å². The number of hydrogen-bond donors (Lipinski definition) is 1. The molecule has 1 aliphatic rings. The molecule has 1 unspecified atom stereocenters. The van der Waals surface area contributed by atoms with Gasteiger partial charge in [-0.05, 0) is 31.4 Å². The van der Waals surface area contributed by atoms with Gasteiger partial charge in [0.15, 0.2) is 0 Å². The largest absolute Gasteiger partial charge is 0.411 e. The summed E-state index contributed by atoms with van der Waals surface area (Å²) in [6, 6.07) is 0. The second-order valence-corrected chi connectivity index (χ2v) is 6.98. The minimum Gasteiger partial charge on any atom is -0.411 e. The third kappa shape index (κ3) is 7.86. The number of nitrogens with zero attached hydrogens (tertiary/aromatic N) is 1. The van der Waals surface area contributed by atoms with Crippen molar-refractivity contribution in [2.45, 2.75) is 89.2 Å². The highest BCUT2D eigenvalue weighted by atomic mass is 32.2. The van der Waals surface area contributed by atoms with Gasteiger partial charge in [-0.2, -0.15) is 11.8 Å². The van der Waals surface area contributed by atoms with Crippen LogP contribution in [0.4, 0.5) is 0 Å². The third-order valence-corrected chi connectivity index (χ3v) is 5.40. The Labute approximate surface area is 123 Å². The van der Waals surface area contributed by atoms with Gasteiger partial charge in [-0.15, -0.1) is 0 Å². The van der Waals surface area contributed by atoms with Crippen LogP contribution in [0.1, 0.15) is 84.0 Å². The van der Waals surface area contributed by atoms with Crippen LogP contribution in [0.5, 0.6) is 0 Å². The summed E-state index contributed by atoms with van der Waals surface area (Å²) in [5.74, 6) is 1.23.